The first-order valence-corrected chi connectivity index (χ1v) is 8.56. The zero-order chi connectivity index (χ0) is 15.4. The molecule has 1 N–H and O–H groups in total. The second-order valence-corrected chi connectivity index (χ2v) is 6.83. The Bertz CT molecular complexity index is 628. The Balaban J connectivity index is 2.46. The number of benzene rings is 2. The summed E-state index contributed by atoms with van der Waals surface area (Å²) in [5.74, 6) is -0.165. The second kappa shape index (κ2) is 7.52. The summed E-state index contributed by atoms with van der Waals surface area (Å²) in [6, 6.07) is 11.5. The Morgan fingerprint density at radius 1 is 1.14 bits per heavy atom. The molecule has 0 saturated heterocycles. The molecule has 0 heterocycles. The highest BCUT2D eigenvalue weighted by atomic mass is 79.9. The molecule has 0 radical (unpaired) electrons. The van der Waals surface area contributed by atoms with E-state index < -0.39 is 0 Å². The molecule has 0 fully saturated rings. The van der Waals surface area contributed by atoms with Crippen LogP contribution in [0.5, 0.6) is 0 Å². The Hall–Kier alpha value is -0.710. The average Bonchev–Trinajstić information content (AvgIpc) is 2.46. The van der Waals surface area contributed by atoms with Gasteiger partial charge in [0.2, 0.25) is 0 Å². The molecule has 4 heteroatoms. The van der Waals surface area contributed by atoms with Crippen molar-refractivity contribution in [3.8, 4) is 0 Å². The van der Waals surface area contributed by atoms with Crippen molar-refractivity contribution in [1.82, 2.24) is 5.32 Å². The molecular weight excluding hydrogens is 397 g/mol. The molecule has 1 unspecified atom stereocenters. The minimum absolute atomic E-state index is 0.0353. The number of hydrogen-bond donors (Lipinski definition) is 1. The lowest BCUT2D eigenvalue weighted by Crippen LogP contribution is -2.23. The van der Waals surface area contributed by atoms with E-state index in [1.807, 2.05) is 24.3 Å². The highest BCUT2D eigenvalue weighted by Gasteiger charge is 2.17. The van der Waals surface area contributed by atoms with Gasteiger partial charge in [0, 0.05) is 8.95 Å². The van der Waals surface area contributed by atoms with E-state index in [0.717, 1.165) is 33.0 Å². The fraction of sp³-hybridized carbons (Fsp3) is 0.294. The summed E-state index contributed by atoms with van der Waals surface area (Å²) in [7, 11) is 0. The van der Waals surface area contributed by atoms with Crippen LogP contribution in [0.25, 0.3) is 0 Å². The number of aryl methyl sites for hydroxylation is 1. The lowest BCUT2D eigenvalue weighted by Gasteiger charge is -2.21. The number of rotatable bonds is 5. The van der Waals surface area contributed by atoms with Gasteiger partial charge in [0.1, 0.15) is 5.82 Å². The highest BCUT2D eigenvalue weighted by molar-refractivity contribution is 9.11. The minimum atomic E-state index is -0.165. The van der Waals surface area contributed by atoms with Crippen molar-refractivity contribution in [2.24, 2.45) is 0 Å². The average molecular weight is 415 g/mol. The van der Waals surface area contributed by atoms with Gasteiger partial charge in [-0.1, -0.05) is 50.9 Å². The Kier molecular flexibility index (Phi) is 5.97. The quantitative estimate of drug-likeness (QED) is 0.656. The van der Waals surface area contributed by atoms with Gasteiger partial charge < -0.3 is 5.32 Å². The number of nitrogens with one attached hydrogen (secondary N) is 1. The summed E-state index contributed by atoms with van der Waals surface area (Å²) in [6.07, 6.45) is 1.02. The number of hydrogen-bond acceptors (Lipinski definition) is 1. The summed E-state index contributed by atoms with van der Waals surface area (Å²) < 4.78 is 15.9. The molecule has 2 aromatic carbocycles. The zero-order valence-corrected chi connectivity index (χ0v) is 15.3. The summed E-state index contributed by atoms with van der Waals surface area (Å²) in [4.78, 5) is 0. The molecule has 2 rings (SSSR count). The summed E-state index contributed by atoms with van der Waals surface area (Å²) in [5, 5.41) is 3.50. The van der Waals surface area contributed by atoms with E-state index in [2.05, 4.69) is 50.2 Å². The number of halogens is 3. The van der Waals surface area contributed by atoms with Crippen LogP contribution >= 0.6 is 31.9 Å². The molecule has 0 aliphatic carbocycles. The van der Waals surface area contributed by atoms with Crippen molar-refractivity contribution in [3.05, 3.63) is 67.9 Å². The van der Waals surface area contributed by atoms with E-state index in [0.29, 0.717) is 5.56 Å². The molecule has 1 nitrogen and oxygen atoms in total. The smallest absolute Gasteiger partial charge is 0.126 e. The second-order valence-electron chi connectivity index (χ2n) is 5.06. The first-order chi connectivity index (χ1) is 10.0. The van der Waals surface area contributed by atoms with Gasteiger partial charge in [0.25, 0.3) is 0 Å². The van der Waals surface area contributed by atoms with Gasteiger partial charge in [0.15, 0.2) is 0 Å². The molecule has 0 amide bonds. The molecule has 0 saturated carbocycles. The van der Waals surface area contributed by atoms with Crippen LogP contribution in [-0.2, 0) is 0 Å². The van der Waals surface area contributed by atoms with Crippen molar-refractivity contribution < 1.29 is 4.39 Å². The summed E-state index contributed by atoms with van der Waals surface area (Å²) in [5.41, 5.74) is 2.70. The normalized spacial score (nSPS) is 12.4. The molecular formula is C17H18Br2FN. The Morgan fingerprint density at radius 3 is 2.57 bits per heavy atom. The van der Waals surface area contributed by atoms with Gasteiger partial charge >= 0.3 is 0 Å². The molecule has 2 aromatic rings. The lowest BCUT2D eigenvalue weighted by atomic mass is 9.97. The molecule has 112 valence electrons. The molecule has 0 spiro atoms. The maximum atomic E-state index is 13.9. The van der Waals surface area contributed by atoms with Crippen LogP contribution in [-0.4, -0.2) is 6.54 Å². The van der Waals surface area contributed by atoms with Gasteiger partial charge in [-0.25, -0.2) is 4.39 Å². The molecule has 0 aliphatic heterocycles. The van der Waals surface area contributed by atoms with Gasteiger partial charge in [0.05, 0.1) is 6.04 Å². The van der Waals surface area contributed by atoms with Gasteiger partial charge in [-0.05, 0) is 60.8 Å². The van der Waals surface area contributed by atoms with Crippen LogP contribution < -0.4 is 5.32 Å². The summed E-state index contributed by atoms with van der Waals surface area (Å²) >= 11 is 7.11. The summed E-state index contributed by atoms with van der Waals surface area (Å²) in [6.45, 7) is 4.78. The van der Waals surface area contributed by atoms with Crippen molar-refractivity contribution in [2.75, 3.05) is 6.54 Å². The third kappa shape index (κ3) is 4.15. The van der Waals surface area contributed by atoms with E-state index in [9.17, 15) is 4.39 Å². The van der Waals surface area contributed by atoms with E-state index >= 15 is 0 Å². The predicted molar refractivity (Wildman–Crippen MR) is 93.1 cm³/mol. The molecule has 0 aromatic heterocycles. The predicted octanol–water partition coefficient (Wildman–Crippen LogP) is 5.75. The third-order valence-corrected chi connectivity index (χ3v) is 4.61. The van der Waals surface area contributed by atoms with Crippen molar-refractivity contribution in [2.45, 2.75) is 26.3 Å². The van der Waals surface area contributed by atoms with E-state index in [1.54, 1.807) is 13.0 Å². The Labute approximate surface area is 142 Å². The topological polar surface area (TPSA) is 12.0 Å². The largest absolute Gasteiger partial charge is 0.306 e. The SMILES string of the molecule is CCCNC(c1ccc(C)c(F)c1)c1cc(Br)ccc1Br. The van der Waals surface area contributed by atoms with Crippen molar-refractivity contribution >= 4 is 31.9 Å². The first kappa shape index (κ1) is 16.7. The van der Waals surface area contributed by atoms with Crippen LogP contribution in [0.2, 0.25) is 0 Å². The lowest BCUT2D eigenvalue weighted by molar-refractivity contribution is 0.581. The van der Waals surface area contributed by atoms with Gasteiger partial charge in [-0.3, -0.25) is 0 Å². The van der Waals surface area contributed by atoms with Crippen LogP contribution in [0.3, 0.4) is 0 Å². The molecule has 21 heavy (non-hydrogen) atoms. The van der Waals surface area contributed by atoms with Gasteiger partial charge in [-0.2, -0.15) is 0 Å². The Morgan fingerprint density at radius 2 is 1.90 bits per heavy atom. The fourth-order valence-electron chi connectivity index (χ4n) is 2.22. The zero-order valence-electron chi connectivity index (χ0n) is 12.1. The minimum Gasteiger partial charge on any atom is -0.306 e. The molecule has 1 atom stereocenters. The van der Waals surface area contributed by atoms with E-state index in [4.69, 9.17) is 0 Å². The van der Waals surface area contributed by atoms with Crippen LogP contribution in [0, 0.1) is 12.7 Å². The highest BCUT2D eigenvalue weighted by Crippen LogP contribution is 2.31. The van der Waals surface area contributed by atoms with Crippen molar-refractivity contribution in [1.29, 1.82) is 0 Å². The standard InChI is InChI=1S/C17H18Br2FN/c1-3-8-21-17(12-5-4-11(2)16(20)9-12)14-10-13(18)6-7-15(14)19/h4-7,9-10,17,21H,3,8H2,1-2H3. The van der Waals surface area contributed by atoms with Gasteiger partial charge in [-0.15, -0.1) is 0 Å². The molecule has 0 aliphatic rings. The fourth-order valence-corrected chi connectivity index (χ4v) is 3.07. The third-order valence-electron chi connectivity index (χ3n) is 3.40. The van der Waals surface area contributed by atoms with Crippen LogP contribution in [0.4, 0.5) is 4.39 Å². The van der Waals surface area contributed by atoms with E-state index in [1.165, 1.54) is 0 Å². The first-order valence-electron chi connectivity index (χ1n) is 6.97. The van der Waals surface area contributed by atoms with Crippen LogP contribution in [0.15, 0.2) is 45.3 Å². The van der Waals surface area contributed by atoms with E-state index in [-0.39, 0.29) is 11.9 Å². The maximum Gasteiger partial charge on any atom is 0.126 e. The maximum absolute atomic E-state index is 13.9. The van der Waals surface area contributed by atoms with Crippen molar-refractivity contribution in [3.63, 3.8) is 0 Å². The monoisotopic (exact) mass is 413 g/mol. The molecule has 0 bridgehead atoms. The van der Waals surface area contributed by atoms with Crippen LogP contribution in [0.1, 0.15) is 36.1 Å².